The third-order valence-corrected chi connectivity index (χ3v) is 1.66. The minimum absolute atomic E-state index is 0. The molecular weight excluding hydrogens is 149 g/mol. The monoisotopic (exact) mass is 160 g/mol. The molecule has 8 heavy (non-hydrogen) atoms. The average molecular weight is 162 g/mol. The van der Waals surface area contributed by atoms with Gasteiger partial charge in [0.2, 0.25) is 0 Å². The zero-order chi connectivity index (χ0) is 5.33. The van der Waals surface area contributed by atoms with Crippen molar-refractivity contribution < 1.29 is 19.5 Å². The average Bonchev–Trinajstić information content (AvgIpc) is 2.22. The van der Waals surface area contributed by atoms with E-state index in [-0.39, 0.29) is 19.5 Å². The number of rotatable bonds is 2. The summed E-state index contributed by atoms with van der Waals surface area (Å²) in [6, 6.07) is 0. The number of hydrogen-bond acceptors (Lipinski definition) is 0. The van der Waals surface area contributed by atoms with Gasteiger partial charge in [0.15, 0.2) is 0 Å². The maximum atomic E-state index is 4.03. The molecule has 0 nitrogen and oxygen atoms in total. The van der Waals surface area contributed by atoms with Gasteiger partial charge in [-0.25, -0.2) is 0 Å². The topological polar surface area (TPSA) is 0 Å². The molecule has 42 valence electrons. The van der Waals surface area contributed by atoms with Gasteiger partial charge in [-0.2, -0.15) is 11.8 Å². The first kappa shape index (κ1) is 8.62. The van der Waals surface area contributed by atoms with Gasteiger partial charge in [0.1, 0.15) is 0 Å². The van der Waals surface area contributed by atoms with E-state index in [2.05, 4.69) is 13.8 Å². The Morgan fingerprint density at radius 2 is 1.88 bits per heavy atom. The predicted molar refractivity (Wildman–Crippen MR) is 31.6 cm³/mol. The van der Waals surface area contributed by atoms with Crippen molar-refractivity contribution in [2.45, 2.75) is 25.7 Å². The van der Waals surface area contributed by atoms with Crippen molar-refractivity contribution in [1.82, 2.24) is 0 Å². The Bertz CT molecular complexity index is 64.8. The van der Waals surface area contributed by atoms with Crippen LogP contribution in [0.15, 0.2) is 0 Å². The summed E-state index contributed by atoms with van der Waals surface area (Å²) in [4.78, 5) is 0. The van der Waals surface area contributed by atoms with Crippen LogP contribution in [-0.2, 0) is 19.5 Å². The largest absolute Gasteiger partial charge is 2.00 e. The molecule has 0 radical (unpaired) electrons. The minimum atomic E-state index is 0. The summed E-state index contributed by atoms with van der Waals surface area (Å²) in [5.74, 6) is 0. The molecule has 0 bridgehead atoms. The standard InChI is InChI=1S/C7H12.Zn/c1-3-4-7(2)5-6-7;/h1-6H2;/q-2;+2. The Kier molecular flexibility index (Phi) is 3.19. The molecule has 1 aliphatic rings. The zero-order valence-electron chi connectivity index (χ0n) is 5.45. The molecule has 0 aromatic heterocycles. The fourth-order valence-electron chi connectivity index (χ4n) is 0.802. The van der Waals surface area contributed by atoms with Crippen LogP contribution in [-0.4, -0.2) is 0 Å². The molecule has 0 aliphatic heterocycles. The van der Waals surface area contributed by atoms with Gasteiger partial charge < -0.3 is 13.8 Å². The van der Waals surface area contributed by atoms with E-state index in [9.17, 15) is 0 Å². The van der Waals surface area contributed by atoms with Gasteiger partial charge in [-0.05, 0) is 0 Å². The van der Waals surface area contributed by atoms with E-state index < -0.39 is 0 Å². The molecule has 1 aliphatic carbocycles. The van der Waals surface area contributed by atoms with Crippen molar-refractivity contribution in [1.29, 1.82) is 0 Å². The van der Waals surface area contributed by atoms with Crippen LogP contribution in [0, 0.1) is 19.3 Å². The third kappa shape index (κ3) is 2.26. The van der Waals surface area contributed by atoms with Crippen LogP contribution >= 0.6 is 0 Å². The minimum Gasteiger partial charge on any atom is -0.343 e. The number of hydrogen-bond donors (Lipinski definition) is 0. The second-order valence-electron chi connectivity index (χ2n) is 2.60. The van der Waals surface area contributed by atoms with Crippen molar-refractivity contribution >= 4 is 0 Å². The first-order chi connectivity index (χ1) is 3.27. The summed E-state index contributed by atoms with van der Waals surface area (Å²) in [7, 11) is 0. The van der Waals surface area contributed by atoms with Crippen LogP contribution < -0.4 is 0 Å². The maximum Gasteiger partial charge on any atom is 2.00 e. The van der Waals surface area contributed by atoms with Crippen molar-refractivity contribution in [2.75, 3.05) is 0 Å². The van der Waals surface area contributed by atoms with Gasteiger partial charge in [-0.3, -0.25) is 0 Å². The SMILES string of the molecule is [CH2-]CCC1([CH2-])CC1.[Zn+2]. The molecule has 0 saturated heterocycles. The van der Waals surface area contributed by atoms with Gasteiger partial charge in [0.05, 0.1) is 0 Å². The molecule has 1 heteroatoms. The second kappa shape index (κ2) is 2.96. The fourth-order valence-corrected chi connectivity index (χ4v) is 0.802. The van der Waals surface area contributed by atoms with Gasteiger partial charge in [-0.15, -0.1) is 6.42 Å². The van der Waals surface area contributed by atoms with Crippen LogP contribution in [0.1, 0.15) is 25.7 Å². The van der Waals surface area contributed by atoms with E-state index in [1.807, 2.05) is 0 Å². The summed E-state index contributed by atoms with van der Waals surface area (Å²) >= 11 is 0. The molecule has 0 unspecified atom stereocenters. The van der Waals surface area contributed by atoms with Crippen molar-refractivity contribution in [3.63, 3.8) is 0 Å². The molecule has 0 spiro atoms. The molecule has 0 amide bonds. The van der Waals surface area contributed by atoms with Crippen molar-refractivity contribution in [3.05, 3.63) is 13.8 Å². The van der Waals surface area contributed by atoms with Crippen LogP contribution in [0.25, 0.3) is 0 Å². The van der Waals surface area contributed by atoms with Crippen LogP contribution in [0.5, 0.6) is 0 Å². The van der Waals surface area contributed by atoms with Crippen LogP contribution in [0.4, 0.5) is 0 Å². The Morgan fingerprint density at radius 3 is 2.00 bits per heavy atom. The summed E-state index contributed by atoms with van der Waals surface area (Å²) < 4.78 is 0. The fraction of sp³-hybridized carbons (Fsp3) is 0.714. The van der Waals surface area contributed by atoms with Gasteiger partial charge in [0.25, 0.3) is 0 Å². The van der Waals surface area contributed by atoms with Gasteiger partial charge in [-0.1, -0.05) is 12.8 Å². The molecule has 1 rings (SSSR count). The predicted octanol–water partition coefficient (Wildman–Crippen LogP) is 2.21. The van der Waals surface area contributed by atoms with E-state index >= 15 is 0 Å². The Balaban J connectivity index is 0.000000490. The van der Waals surface area contributed by atoms with E-state index in [1.165, 1.54) is 19.3 Å². The van der Waals surface area contributed by atoms with Crippen LogP contribution in [0.2, 0.25) is 0 Å². The van der Waals surface area contributed by atoms with E-state index in [0.29, 0.717) is 5.41 Å². The molecule has 0 aromatic rings. The molecule has 0 N–H and O–H groups in total. The molecule has 0 aromatic carbocycles. The first-order valence-electron chi connectivity index (χ1n) is 2.91. The molecule has 0 heterocycles. The smallest absolute Gasteiger partial charge is 0.343 e. The summed E-state index contributed by atoms with van der Waals surface area (Å²) in [6.07, 6.45) is 4.96. The Morgan fingerprint density at radius 1 is 1.38 bits per heavy atom. The van der Waals surface area contributed by atoms with Crippen molar-refractivity contribution in [2.24, 2.45) is 5.41 Å². The normalized spacial score (nSPS) is 21.8. The van der Waals surface area contributed by atoms with E-state index in [4.69, 9.17) is 0 Å². The second-order valence-corrected chi connectivity index (χ2v) is 2.60. The maximum absolute atomic E-state index is 4.03. The summed E-state index contributed by atoms with van der Waals surface area (Å²) in [5, 5.41) is 0. The van der Waals surface area contributed by atoms with Crippen LogP contribution in [0.3, 0.4) is 0 Å². The molecular formula is C7H12Zn. The Labute approximate surface area is 64.8 Å². The Hall–Kier alpha value is 0.623. The molecule has 1 fully saturated rings. The van der Waals surface area contributed by atoms with E-state index in [0.717, 1.165) is 6.42 Å². The van der Waals surface area contributed by atoms with Gasteiger partial charge in [0, 0.05) is 0 Å². The molecule has 0 atom stereocenters. The third-order valence-electron chi connectivity index (χ3n) is 1.66. The van der Waals surface area contributed by atoms with Crippen molar-refractivity contribution in [3.8, 4) is 0 Å². The summed E-state index contributed by atoms with van der Waals surface area (Å²) in [5.41, 5.74) is 0.488. The molecule has 1 saturated carbocycles. The van der Waals surface area contributed by atoms with Gasteiger partial charge >= 0.3 is 19.5 Å². The van der Waals surface area contributed by atoms with E-state index in [1.54, 1.807) is 0 Å². The first-order valence-corrected chi connectivity index (χ1v) is 2.91. The zero-order valence-corrected chi connectivity index (χ0v) is 8.42. The summed E-state index contributed by atoms with van der Waals surface area (Å²) in [6.45, 7) is 7.80. The quantitative estimate of drug-likeness (QED) is 0.430.